The van der Waals surface area contributed by atoms with Gasteiger partial charge in [0.05, 0.1) is 12.6 Å². The first-order valence-electron chi connectivity index (χ1n) is 3.49. The van der Waals surface area contributed by atoms with E-state index in [4.69, 9.17) is 0 Å². The summed E-state index contributed by atoms with van der Waals surface area (Å²) in [7, 11) is 2.15. The lowest BCUT2D eigenvalue weighted by Gasteiger charge is -2.21. The van der Waals surface area contributed by atoms with Crippen LogP contribution in [0.15, 0.2) is 0 Å². The summed E-state index contributed by atoms with van der Waals surface area (Å²) in [4.78, 5) is 0. The van der Waals surface area contributed by atoms with Gasteiger partial charge in [0, 0.05) is 0 Å². The Balaban J connectivity index is 3.58. The van der Waals surface area contributed by atoms with Crippen molar-refractivity contribution in [3.8, 4) is 0 Å². The maximum Gasteiger partial charge on any atom is 0.0925 e. The highest BCUT2D eigenvalue weighted by Gasteiger charge is 2.19. The van der Waals surface area contributed by atoms with Crippen LogP contribution in [0, 0.1) is 0 Å². The van der Waals surface area contributed by atoms with E-state index in [1.807, 2.05) is 0 Å². The molecular formula is C7H18N+. The molecule has 0 aromatic rings. The molecule has 0 aliphatic rings. The second kappa shape index (κ2) is 3.08. The fourth-order valence-electron chi connectivity index (χ4n) is 0.658. The van der Waals surface area contributed by atoms with Crippen LogP contribution in [0.3, 0.4) is 0 Å². The van der Waals surface area contributed by atoms with E-state index in [-0.39, 0.29) is 0 Å². The number of rotatable bonds is 3. The van der Waals surface area contributed by atoms with Crippen LogP contribution in [0.2, 0.25) is 0 Å². The van der Waals surface area contributed by atoms with Crippen LogP contribution in [0.4, 0.5) is 0 Å². The van der Waals surface area contributed by atoms with Gasteiger partial charge < -0.3 is 5.32 Å². The van der Waals surface area contributed by atoms with Crippen LogP contribution in [-0.4, -0.2) is 12.6 Å². The second-order valence-electron chi connectivity index (χ2n) is 2.65. The van der Waals surface area contributed by atoms with Crippen molar-refractivity contribution >= 4 is 0 Å². The minimum absolute atomic E-state index is 0.500. The monoisotopic (exact) mass is 116 g/mol. The van der Waals surface area contributed by atoms with E-state index >= 15 is 0 Å². The van der Waals surface area contributed by atoms with E-state index in [1.54, 1.807) is 0 Å². The van der Waals surface area contributed by atoms with Gasteiger partial charge in [0.1, 0.15) is 0 Å². The summed E-state index contributed by atoms with van der Waals surface area (Å²) >= 11 is 0. The summed E-state index contributed by atoms with van der Waals surface area (Å²) in [5, 5.41) is 2.30. The smallest absolute Gasteiger partial charge is 0.0925 e. The molecule has 0 saturated heterocycles. The first-order chi connectivity index (χ1) is 3.68. The summed E-state index contributed by atoms with van der Waals surface area (Å²) in [5.41, 5.74) is 0.500. The molecule has 0 saturated carbocycles. The Hall–Kier alpha value is -0.0400. The van der Waals surface area contributed by atoms with Gasteiger partial charge in [0.25, 0.3) is 0 Å². The molecule has 50 valence electrons. The molecule has 0 aromatic heterocycles. The van der Waals surface area contributed by atoms with Gasteiger partial charge in [-0.3, -0.25) is 0 Å². The van der Waals surface area contributed by atoms with Gasteiger partial charge in [-0.1, -0.05) is 13.8 Å². The highest BCUT2D eigenvalue weighted by atomic mass is 14.9. The van der Waals surface area contributed by atoms with E-state index in [0.717, 1.165) is 0 Å². The van der Waals surface area contributed by atoms with Gasteiger partial charge in [-0.2, -0.15) is 0 Å². The topological polar surface area (TPSA) is 16.6 Å². The lowest BCUT2D eigenvalue weighted by atomic mass is 9.96. The van der Waals surface area contributed by atoms with Crippen molar-refractivity contribution in [3.05, 3.63) is 0 Å². The Labute approximate surface area is 52.5 Å². The van der Waals surface area contributed by atoms with E-state index in [0.29, 0.717) is 5.54 Å². The van der Waals surface area contributed by atoms with Gasteiger partial charge in [-0.15, -0.1) is 0 Å². The summed E-state index contributed by atoms with van der Waals surface area (Å²) in [6.45, 7) is 6.78. The molecule has 0 heterocycles. The van der Waals surface area contributed by atoms with Gasteiger partial charge in [-0.05, 0) is 19.8 Å². The zero-order valence-electron chi connectivity index (χ0n) is 6.49. The number of quaternary nitrogens is 1. The fraction of sp³-hybridized carbons (Fsp3) is 1.00. The lowest BCUT2D eigenvalue weighted by molar-refractivity contribution is -0.701. The molecule has 0 unspecified atom stereocenters. The average molecular weight is 116 g/mol. The van der Waals surface area contributed by atoms with Crippen LogP contribution in [0.5, 0.6) is 0 Å². The van der Waals surface area contributed by atoms with E-state index in [9.17, 15) is 0 Å². The van der Waals surface area contributed by atoms with Crippen molar-refractivity contribution < 1.29 is 5.32 Å². The molecule has 0 aromatic carbocycles. The molecule has 0 bridgehead atoms. The van der Waals surface area contributed by atoms with Crippen LogP contribution < -0.4 is 5.32 Å². The quantitative estimate of drug-likeness (QED) is 0.560. The standard InChI is InChI=1S/C7H17N/c1-5-7(3,6-2)8-4/h8H,5-6H2,1-4H3/p+1. The Kier molecular flexibility index (Phi) is 3.06. The van der Waals surface area contributed by atoms with Crippen LogP contribution in [0.25, 0.3) is 0 Å². The molecule has 0 atom stereocenters. The summed E-state index contributed by atoms with van der Waals surface area (Å²) < 4.78 is 0. The molecule has 8 heavy (non-hydrogen) atoms. The first kappa shape index (κ1) is 7.96. The van der Waals surface area contributed by atoms with Gasteiger partial charge in [-0.25, -0.2) is 0 Å². The number of hydrogen-bond acceptors (Lipinski definition) is 0. The minimum atomic E-state index is 0.500. The molecule has 1 heteroatoms. The third kappa shape index (κ3) is 1.83. The average Bonchev–Trinajstić information content (AvgIpc) is 1.87. The molecule has 0 amide bonds. The molecule has 0 rings (SSSR count). The van der Waals surface area contributed by atoms with E-state index in [1.165, 1.54) is 12.8 Å². The highest BCUT2D eigenvalue weighted by molar-refractivity contribution is 4.64. The molecular weight excluding hydrogens is 98.1 g/mol. The van der Waals surface area contributed by atoms with Gasteiger partial charge in [0.15, 0.2) is 0 Å². The molecule has 1 nitrogen and oxygen atoms in total. The van der Waals surface area contributed by atoms with Gasteiger partial charge in [0.2, 0.25) is 0 Å². The van der Waals surface area contributed by atoms with Crippen molar-refractivity contribution in [2.75, 3.05) is 7.05 Å². The van der Waals surface area contributed by atoms with Crippen molar-refractivity contribution in [2.24, 2.45) is 0 Å². The van der Waals surface area contributed by atoms with Crippen LogP contribution in [0.1, 0.15) is 33.6 Å². The molecule has 0 fully saturated rings. The Morgan fingerprint density at radius 1 is 1.25 bits per heavy atom. The second-order valence-corrected chi connectivity index (χ2v) is 2.65. The third-order valence-electron chi connectivity index (χ3n) is 2.31. The first-order valence-corrected chi connectivity index (χ1v) is 3.49. The molecule has 2 N–H and O–H groups in total. The van der Waals surface area contributed by atoms with Crippen LogP contribution in [-0.2, 0) is 0 Å². The lowest BCUT2D eigenvalue weighted by Crippen LogP contribution is -2.92. The van der Waals surface area contributed by atoms with E-state index in [2.05, 4.69) is 33.1 Å². The summed E-state index contributed by atoms with van der Waals surface area (Å²) in [6, 6.07) is 0. The highest BCUT2D eigenvalue weighted by Crippen LogP contribution is 2.05. The third-order valence-corrected chi connectivity index (χ3v) is 2.31. The van der Waals surface area contributed by atoms with Crippen molar-refractivity contribution in [1.29, 1.82) is 0 Å². The predicted octanol–water partition coefficient (Wildman–Crippen LogP) is 0.758. The molecule has 0 aliphatic heterocycles. The molecule has 0 aliphatic carbocycles. The van der Waals surface area contributed by atoms with Crippen molar-refractivity contribution in [1.82, 2.24) is 0 Å². The van der Waals surface area contributed by atoms with Crippen molar-refractivity contribution in [3.63, 3.8) is 0 Å². The van der Waals surface area contributed by atoms with E-state index < -0.39 is 0 Å². The van der Waals surface area contributed by atoms with Crippen molar-refractivity contribution in [2.45, 2.75) is 39.2 Å². The Bertz CT molecular complexity index is 47.1. The normalized spacial score (nSPS) is 12.0. The van der Waals surface area contributed by atoms with Gasteiger partial charge >= 0.3 is 0 Å². The largest absolute Gasteiger partial charge is 0.344 e. The number of hydrogen-bond donors (Lipinski definition) is 1. The van der Waals surface area contributed by atoms with Crippen LogP contribution >= 0.6 is 0 Å². The zero-order chi connectivity index (χ0) is 6.62. The minimum Gasteiger partial charge on any atom is -0.344 e. The SMILES string of the molecule is CCC(C)(CC)[NH2+]C. The molecule has 0 spiro atoms. The predicted molar refractivity (Wildman–Crippen MR) is 36.8 cm³/mol. The summed E-state index contributed by atoms with van der Waals surface area (Å²) in [5.74, 6) is 0. The maximum absolute atomic E-state index is 2.30. The summed E-state index contributed by atoms with van der Waals surface area (Å²) in [6.07, 6.45) is 2.53. The molecule has 0 radical (unpaired) electrons. The maximum atomic E-state index is 2.30. The number of nitrogens with two attached hydrogens (primary N) is 1. The Morgan fingerprint density at radius 3 is 1.62 bits per heavy atom. The zero-order valence-corrected chi connectivity index (χ0v) is 6.49. The fourth-order valence-corrected chi connectivity index (χ4v) is 0.658. The Morgan fingerprint density at radius 2 is 1.62 bits per heavy atom.